The average Bonchev–Trinajstić information content (AvgIpc) is 2.84. The third-order valence-electron chi connectivity index (χ3n) is 5.47. The number of hydrogen-bond acceptors (Lipinski definition) is 4. The Morgan fingerprint density at radius 2 is 1.40 bits per heavy atom. The molecule has 0 radical (unpaired) electrons. The maximum atomic E-state index is 12.9. The molecule has 3 aromatic rings. The van der Waals surface area contributed by atoms with Crippen LogP contribution in [0.3, 0.4) is 0 Å². The highest BCUT2D eigenvalue weighted by molar-refractivity contribution is 5.96. The summed E-state index contributed by atoms with van der Waals surface area (Å²) >= 11 is 0. The van der Waals surface area contributed by atoms with E-state index >= 15 is 0 Å². The number of carbonyl (C=O) groups is 3. The molecule has 3 N–H and O–H groups in total. The Morgan fingerprint density at radius 1 is 0.829 bits per heavy atom. The number of alkyl carbamates (subject to hydrolysis) is 1. The van der Waals surface area contributed by atoms with Crippen LogP contribution >= 0.6 is 0 Å². The van der Waals surface area contributed by atoms with Gasteiger partial charge in [-0.2, -0.15) is 0 Å². The maximum Gasteiger partial charge on any atom is 0.408 e. The van der Waals surface area contributed by atoms with Crippen LogP contribution in [0.15, 0.2) is 72.8 Å². The smallest absolute Gasteiger partial charge is 0.408 e. The second-order valence-electron chi connectivity index (χ2n) is 8.49. The number of benzene rings is 3. The second kappa shape index (κ2) is 12.4. The Hall–Kier alpha value is -4.13. The number of aryl methyl sites for hydroxylation is 3. The molecule has 1 atom stereocenters. The molecule has 0 aliphatic rings. The van der Waals surface area contributed by atoms with Crippen molar-refractivity contribution >= 4 is 23.6 Å². The molecule has 0 saturated carbocycles. The fraction of sp³-hybridized carbons (Fsp3) is 0.250. The lowest BCUT2D eigenvalue weighted by Gasteiger charge is -2.19. The lowest BCUT2D eigenvalue weighted by molar-refractivity contribution is -0.125. The van der Waals surface area contributed by atoms with Crippen LogP contribution in [-0.2, 0) is 27.4 Å². The van der Waals surface area contributed by atoms with Gasteiger partial charge in [0.2, 0.25) is 11.8 Å². The van der Waals surface area contributed by atoms with Gasteiger partial charge in [0, 0.05) is 12.1 Å². The van der Waals surface area contributed by atoms with E-state index in [-0.39, 0.29) is 25.5 Å². The Labute approximate surface area is 205 Å². The lowest BCUT2D eigenvalue weighted by atomic mass is 10.0. The fourth-order valence-electron chi connectivity index (χ4n) is 3.82. The third-order valence-corrected chi connectivity index (χ3v) is 5.47. The molecule has 0 aliphatic heterocycles. The summed E-state index contributed by atoms with van der Waals surface area (Å²) in [6.07, 6.45) is -0.453. The van der Waals surface area contributed by atoms with Gasteiger partial charge in [0.05, 0.1) is 6.54 Å². The molecular formula is C28H31N3O4. The highest BCUT2D eigenvalue weighted by Gasteiger charge is 2.23. The number of amides is 3. The molecule has 0 aliphatic carbocycles. The van der Waals surface area contributed by atoms with E-state index in [1.807, 2.05) is 93.6 Å². The van der Waals surface area contributed by atoms with Gasteiger partial charge in [-0.1, -0.05) is 78.4 Å². The monoisotopic (exact) mass is 473 g/mol. The molecule has 3 aromatic carbocycles. The van der Waals surface area contributed by atoms with Crippen LogP contribution in [0.25, 0.3) is 0 Å². The first-order valence-electron chi connectivity index (χ1n) is 11.5. The molecule has 3 amide bonds. The summed E-state index contributed by atoms with van der Waals surface area (Å²) < 4.78 is 5.28. The number of ether oxygens (including phenoxy) is 1. The molecule has 182 valence electrons. The van der Waals surface area contributed by atoms with E-state index in [2.05, 4.69) is 16.0 Å². The summed E-state index contributed by atoms with van der Waals surface area (Å²) in [4.78, 5) is 37.9. The molecule has 0 heterocycles. The van der Waals surface area contributed by atoms with Gasteiger partial charge in [-0.25, -0.2) is 4.79 Å². The van der Waals surface area contributed by atoms with Crippen LogP contribution in [0.4, 0.5) is 10.5 Å². The van der Waals surface area contributed by atoms with Crippen molar-refractivity contribution in [2.75, 3.05) is 11.9 Å². The molecule has 0 bridgehead atoms. The zero-order valence-corrected chi connectivity index (χ0v) is 20.3. The van der Waals surface area contributed by atoms with E-state index in [4.69, 9.17) is 4.74 Å². The van der Waals surface area contributed by atoms with Gasteiger partial charge in [0.25, 0.3) is 0 Å². The largest absolute Gasteiger partial charge is 0.445 e. The summed E-state index contributed by atoms with van der Waals surface area (Å²) in [5.41, 5.74) is 5.45. The zero-order valence-electron chi connectivity index (χ0n) is 20.3. The van der Waals surface area contributed by atoms with Crippen LogP contribution in [0.2, 0.25) is 0 Å². The standard InChI is InChI=1S/C28H31N3O4/c1-19-14-20(2)26(21(3)15-19)31-25(32)17-29-27(33)24(16-22-10-6-4-7-11-22)30-28(34)35-18-23-12-8-5-9-13-23/h4-15,24H,16-18H2,1-3H3,(H,29,33)(H,30,34)(H,31,32). The molecule has 0 fully saturated rings. The van der Waals surface area contributed by atoms with E-state index in [9.17, 15) is 14.4 Å². The van der Waals surface area contributed by atoms with Gasteiger partial charge in [-0.15, -0.1) is 0 Å². The van der Waals surface area contributed by atoms with Crippen molar-refractivity contribution in [2.24, 2.45) is 0 Å². The van der Waals surface area contributed by atoms with Crippen molar-refractivity contribution in [3.05, 3.63) is 101 Å². The Balaban J connectivity index is 1.60. The first-order valence-corrected chi connectivity index (χ1v) is 11.5. The number of hydrogen-bond donors (Lipinski definition) is 3. The van der Waals surface area contributed by atoms with Crippen molar-refractivity contribution in [1.29, 1.82) is 0 Å². The minimum atomic E-state index is -0.906. The average molecular weight is 474 g/mol. The summed E-state index contributed by atoms with van der Waals surface area (Å²) in [5, 5.41) is 8.12. The van der Waals surface area contributed by atoms with Crippen molar-refractivity contribution < 1.29 is 19.1 Å². The van der Waals surface area contributed by atoms with E-state index in [0.717, 1.165) is 33.5 Å². The third kappa shape index (κ3) is 7.99. The van der Waals surface area contributed by atoms with Gasteiger partial charge < -0.3 is 20.7 Å². The SMILES string of the molecule is Cc1cc(C)c(NC(=O)CNC(=O)C(Cc2ccccc2)NC(=O)OCc2ccccc2)c(C)c1. The number of anilines is 1. The van der Waals surface area contributed by atoms with Gasteiger partial charge in [0.1, 0.15) is 12.6 Å². The predicted molar refractivity (Wildman–Crippen MR) is 136 cm³/mol. The molecule has 7 heteroatoms. The fourth-order valence-corrected chi connectivity index (χ4v) is 3.82. The molecule has 0 saturated heterocycles. The molecule has 0 aromatic heterocycles. The normalized spacial score (nSPS) is 11.3. The molecule has 0 spiro atoms. The number of carbonyl (C=O) groups excluding carboxylic acids is 3. The summed E-state index contributed by atoms with van der Waals surface area (Å²) in [6.45, 7) is 5.71. The van der Waals surface area contributed by atoms with Crippen molar-refractivity contribution in [2.45, 2.75) is 39.8 Å². The predicted octanol–water partition coefficient (Wildman–Crippen LogP) is 4.20. The van der Waals surface area contributed by atoms with Gasteiger partial charge >= 0.3 is 6.09 Å². The summed E-state index contributed by atoms with van der Waals surface area (Å²) in [5.74, 6) is -0.823. The van der Waals surface area contributed by atoms with Crippen molar-refractivity contribution in [3.63, 3.8) is 0 Å². The van der Waals surface area contributed by atoms with Gasteiger partial charge in [0.15, 0.2) is 0 Å². The molecule has 35 heavy (non-hydrogen) atoms. The number of rotatable bonds is 9. The molecule has 7 nitrogen and oxygen atoms in total. The van der Waals surface area contributed by atoms with Crippen LogP contribution in [-0.4, -0.2) is 30.5 Å². The Kier molecular flexibility index (Phi) is 9.01. The molecule has 1 unspecified atom stereocenters. The lowest BCUT2D eigenvalue weighted by Crippen LogP contribution is -2.49. The minimum absolute atomic E-state index is 0.0873. The van der Waals surface area contributed by atoms with Crippen LogP contribution < -0.4 is 16.0 Å². The van der Waals surface area contributed by atoms with Gasteiger partial charge in [-0.05, 0) is 43.0 Å². The molecule has 3 rings (SSSR count). The van der Waals surface area contributed by atoms with E-state index in [1.165, 1.54) is 0 Å². The van der Waals surface area contributed by atoms with Crippen LogP contribution in [0, 0.1) is 20.8 Å². The first kappa shape index (κ1) is 25.5. The summed E-state index contributed by atoms with van der Waals surface area (Å²) in [6, 6.07) is 21.7. The second-order valence-corrected chi connectivity index (χ2v) is 8.49. The summed E-state index contributed by atoms with van der Waals surface area (Å²) in [7, 11) is 0. The Bertz CT molecular complexity index is 1140. The van der Waals surface area contributed by atoms with Crippen LogP contribution in [0.1, 0.15) is 27.8 Å². The zero-order chi connectivity index (χ0) is 25.2. The first-order chi connectivity index (χ1) is 16.8. The van der Waals surface area contributed by atoms with Crippen LogP contribution in [0.5, 0.6) is 0 Å². The Morgan fingerprint density at radius 3 is 2.00 bits per heavy atom. The highest BCUT2D eigenvalue weighted by atomic mass is 16.5. The minimum Gasteiger partial charge on any atom is -0.445 e. The van der Waals surface area contributed by atoms with E-state index in [1.54, 1.807) is 0 Å². The van der Waals surface area contributed by atoms with Gasteiger partial charge in [-0.3, -0.25) is 9.59 Å². The highest BCUT2D eigenvalue weighted by Crippen LogP contribution is 2.21. The van der Waals surface area contributed by atoms with Crippen molar-refractivity contribution in [1.82, 2.24) is 10.6 Å². The van der Waals surface area contributed by atoms with E-state index < -0.39 is 18.0 Å². The maximum absolute atomic E-state index is 12.9. The quantitative estimate of drug-likeness (QED) is 0.434. The number of nitrogens with one attached hydrogen (secondary N) is 3. The topological polar surface area (TPSA) is 96.5 Å². The van der Waals surface area contributed by atoms with Crippen molar-refractivity contribution in [3.8, 4) is 0 Å². The molecular weight excluding hydrogens is 442 g/mol. The van der Waals surface area contributed by atoms with E-state index in [0.29, 0.717) is 0 Å².